The van der Waals surface area contributed by atoms with Gasteiger partial charge in [0.1, 0.15) is 18.0 Å². The van der Waals surface area contributed by atoms with E-state index in [2.05, 4.69) is 11.4 Å². The van der Waals surface area contributed by atoms with Gasteiger partial charge in [0, 0.05) is 24.2 Å². The highest BCUT2D eigenvalue weighted by Gasteiger charge is 2.68. The highest BCUT2D eigenvalue weighted by atomic mass is 31.2. The van der Waals surface area contributed by atoms with Crippen LogP contribution in [-0.2, 0) is 23.5 Å². The zero-order valence-corrected chi connectivity index (χ0v) is 18.2. The molecule has 3 saturated carbocycles. The summed E-state index contributed by atoms with van der Waals surface area (Å²) in [5.74, 6) is -0.943. The molecule has 3 fully saturated rings. The quantitative estimate of drug-likeness (QED) is 0.565. The van der Waals surface area contributed by atoms with Gasteiger partial charge < -0.3 is 14.9 Å². The molecule has 0 saturated heterocycles. The largest absolute Gasteiger partial charge is 0.470 e. The van der Waals surface area contributed by atoms with E-state index in [1.165, 1.54) is 0 Å². The highest BCUT2D eigenvalue weighted by Crippen LogP contribution is 2.66. The Morgan fingerprint density at radius 2 is 1.90 bits per heavy atom. The number of rotatable bonds is 4. The van der Waals surface area contributed by atoms with E-state index in [1.807, 2.05) is 0 Å². The number of fused-ring (bicyclic) bond motifs is 5. The van der Waals surface area contributed by atoms with Crippen molar-refractivity contribution in [2.24, 2.45) is 28.6 Å². The van der Waals surface area contributed by atoms with E-state index >= 15 is 0 Å². The van der Waals surface area contributed by atoms with Crippen LogP contribution in [0.1, 0.15) is 58.8 Å². The molecule has 0 amide bonds. The van der Waals surface area contributed by atoms with Crippen molar-refractivity contribution in [1.29, 1.82) is 0 Å². The molecule has 0 aromatic heterocycles. The number of aliphatic hydroxyl groups is 1. The summed E-state index contributed by atoms with van der Waals surface area (Å²) in [6, 6.07) is 0. The molecule has 3 unspecified atom stereocenters. The summed E-state index contributed by atoms with van der Waals surface area (Å²) in [5.41, 5.74) is -2.16. The smallest absolute Gasteiger partial charge is 0.381 e. The van der Waals surface area contributed by atoms with Crippen LogP contribution in [0.25, 0.3) is 0 Å². The zero-order valence-electron chi connectivity index (χ0n) is 17.3. The van der Waals surface area contributed by atoms with Crippen LogP contribution in [0.3, 0.4) is 0 Å². The van der Waals surface area contributed by atoms with Gasteiger partial charge in [0.2, 0.25) is 0 Å². The molecule has 0 radical (unpaired) electrons. The van der Waals surface area contributed by atoms with Gasteiger partial charge in [-0.25, -0.2) is 4.57 Å². The van der Waals surface area contributed by atoms with Gasteiger partial charge in [-0.2, -0.15) is 0 Å². The maximum atomic E-state index is 13.5. The maximum Gasteiger partial charge on any atom is 0.470 e. The fourth-order valence-electron chi connectivity index (χ4n) is 7.11. The average Bonchev–Trinajstić information content (AvgIpc) is 2.91. The summed E-state index contributed by atoms with van der Waals surface area (Å²) in [6.07, 6.45) is 5.01. The molecule has 0 heterocycles. The van der Waals surface area contributed by atoms with Crippen molar-refractivity contribution in [1.82, 2.24) is 0 Å². The summed E-state index contributed by atoms with van der Waals surface area (Å²) in [6.45, 7) is 2.94. The summed E-state index contributed by atoms with van der Waals surface area (Å²) < 4.78 is 15.4. The SMILES string of the molecule is C[C@]12CCC(=O)C=C1CCC1C2C(=O)C[C@@]2(C)C1CC[C@]2(O)C(=O)COP(=O)(O)O. The van der Waals surface area contributed by atoms with Crippen LogP contribution in [0.15, 0.2) is 11.6 Å². The molecular weight excluding hydrogens is 411 g/mol. The number of hydrogen-bond acceptors (Lipinski definition) is 6. The summed E-state index contributed by atoms with van der Waals surface area (Å²) >= 11 is 0. The monoisotopic (exact) mass is 440 g/mol. The van der Waals surface area contributed by atoms with Crippen molar-refractivity contribution in [3.63, 3.8) is 0 Å². The van der Waals surface area contributed by atoms with Gasteiger partial charge in [-0.1, -0.05) is 19.4 Å². The van der Waals surface area contributed by atoms with Crippen molar-refractivity contribution in [3.8, 4) is 0 Å². The molecule has 30 heavy (non-hydrogen) atoms. The number of carbonyl (C=O) groups is 3. The van der Waals surface area contributed by atoms with Crippen molar-refractivity contribution in [2.75, 3.05) is 6.61 Å². The lowest BCUT2D eigenvalue weighted by molar-refractivity contribution is -0.170. The van der Waals surface area contributed by atoms with E-state index in [0.29, 0.717) is 19.3 Å². The Balaban J connectivity index is 1.65. The van der Waals surface area contributed by atoms with Crippen LogP contribution in [0.2, 0.25) is 0 Å². The first-order valence-electron chi connectivity index (χ1n) is 10.5. The lowest BCUT2D eigenvalue weighted by Crippen LogP contribution is -2.61. The van der Waals surface area contributed by atoms with E-state index in [1.54, 1.807) is 13.0 Å². The van der Waals surface area contributed by atoms with Gasteiger partial charge in [0.25, 0.3) is 0 Å². The van der Waals surface area contributed by atoms with Gasteiger partial charge >= 0.3 is 7.82 Å². The number of Topliss-reactive ketones (excluding diaryl/α,β-unsaturated/α-hetero) is 2. The summed E-state index contributed by atoms with van der Waals surface area (Å²) in [4.78, 5) is 56.0. The van der Waals surface area contributed by atoms with Crippen molar-refractivity contribution >= 4 is 25.2 Å². The first-order chi connectivity index (χ1) is 13.8. The fraction of sp³-hybridized carbons (Fsp3) is 0.762. The second-order valence-electron chi connectivity index (χ2n) is 9.99. The average molecular weight is 440 g/mol. The molecule has 4 rings (SSSR count). The van der Waals surface area contributed by atoms with E-state index in [9.17, 15) is 24.1 Å². The van der Waals surface area contributed by atoms with Gasteiger partial charge in [0.15, 0.2) is 11.6 Å². The third kappa shape index (κ3) is 3.11. The molecule has 0 aliphatic heterocycles. The standard InChI is InChI=1S/C21H29O8P/c1-19-7-5-13(22)9-12(19)3-4-14-15-6-8-21(25,17(24)11-29-30(26,27)28)20(15,2)10-16(23)18(14)19/h9,14-15,18,25H,3-8,10-11H2,1-2H3,(H2,26,27,28)/t14?,15?,18?,19-,20-,21-/m0/s1. The first-order valence-corrected chi connectivity index (χ1v) is 12.1. The third-order valence-corrected chi connectivity index (χ3v) is 9.10. The Bertz CT molecular complexity index is 889. The number of phosphoric acid groups is 1. The van der Waals surface area contributed by atoms with Gasteiger partial charge in [0.05, 0.1) is 0 Å². The number of allylic oxidation sites excluding steroid dienone is 1. The van der Waals surface area contributed by atoms with E-state index in [4.69, 9.17) is 9.79 Å². The number of phosphoric ester groups is 1. The molecule has 9 heteroatoms. The highest BCUT2D eigenvalue weighted by molar-refractivity contribution is 7.46. The van der Waals surface area contributed by atoms with Gasteiger partial charge in [-0.3, -0.25) is 18.9 Å². The lowest BCUT2D eigenvalue weighted by atomic mass is 9.46. The molecule has 4 aliphatic rings. The first kappa shape index (κ1) is 22.0. The molecule has 0 spiro atoms. The Morgan fingerprint density at radius 1 is 1.20 bits per heavy atom. The Hall–Kier alpha value is -1.18. The van der Waals surface area contributed by atoms with E-state index in [0.717, 1.165) is 18.4 Å². The van der Waals surface area contributed by atoms with Crippen LogP contribution in [0.4, 0.5) is 0 Å². The van der Waals surface area contributed by atoms with Crippen LogP contribution >= 0.6 is 7.82 Å². The van der Waals surface area contributed by atoms with Crippen LogP contribution in [-0.4, -0.2) is 44.5 Å². The van der Waals surface area contributed by atoms with E-state index < -0.39 is 31.2 Å². The number of carbonyl (C=O) groups excluding carboxylic acids is 3. The normalized spacial score (nSPS) is 43.5. The minimum Gasteiger partial charge on any atom is -0.381 e. The van der Waals surface area contributed by atoms with Crippen molar-refractivity contribution < 1.29 is 38.4 Å². The third-order valence-electron chi connectivity index (χ3n) is 8.63. The van der Waals surface area contributed by atoms with Crippen LogP contribution in [0.5, 0.6) is 0 Å². The maximum absolute atomic E-state index is 13.5. The van der Waals surface area contributed by atoms with Gasteiger partial charge in [-0.15, -0.1) is 0 Å². The minimum absolute atomic E-state index is 0.00484. The molecule has 0 aromatic rings. The molecule has 8 nitrogen and oxygen atoms in total. The molecule has 4 aliphatic carbocycles. The molecule has 6 atom stereocenters. The fourth-order valence-corrected chi connectivity index (χ4v) is 7.39. The molecule has 0 aromatic carbocycles. The Labute approximate surface area is 175 Å². The Kier molecular flexibility index (Phi) is 5.07. The molecule has 0 bridgehead atoms. The van der Waals surface area contributed by atoms with Gasteiger partial charge in [-0.05, 0) is 55.4 Å². The van der Waals surface area contributed by atoms with Crippen molar-refractivity contribution in [2.45, 2.75) is 64.4 Å². The molecular formula is C21H29O8P. The van der Waals surface area contributed by atoms with E-state index in [-0.39, 0.29) is 47.6 Å². The van der Waals surface area contributed by atoms with Crippen LogP contribution in [0, 0.1) is 28.6 Å². The second-order valence-corrected chi connectivity index (χ2v) is 11.2. The number of hydrogen-bond donors (Lipinski definition) is 3. The predicted molar refractivity (Wildman–Crippen MR) is 105 cm³/mol. The lowest BCUT2D eigenvalue weighted by Gasteiger charge is -2.57. The topological polar surface area (TPSA) is 138 Å². The minimum atomic E-state index is -4.85. The summed E-state index contributed by atoms with van der Waals surface area (Å²) in [5, 5.41) is 11.4. The Morgan fingerprint density at radius 3 is 2.57 bits per heavy atom. The molecule has 166 valence electrons. The second kappa shape index (κ2) is 6.91. The zero-order chi connectivity index (χ0) is 22.1. The predicted octanol–water partition coefficient (Wildman–Crippen LogP) is 2.11. The molecule has 3 N–H and O–H groups in total. The number of ketones is 3. The summed E-state index contributed by atoms with van der Waals surface area (Å²) in [7, 11) is -4.85. The van der Waals surface area contributed by atoms with Crippen molar-refractivity contribution in [3.05, 3.63) is 11.6 Å². The van der Waals surface area contributed by atoms with Crippen LogP contribution < -0.4 is 0 Å².